The number of pyridine rings is 1. The van der Waals surface area contributed by atoms with E-state index >= 15 is 0 Å². The van der Waals surface area contributed by atoms with Crippen molar-refractivity contribution in [2.75, 3.05) is 19.0 Å². The highest BCUT2D eigenvalue weighted by Gasteiger charge is 2.28. The third-order valence-electron chi connectivity index (χ3n) is 5.66. The fourth-order valence-corrected chi connectivity index (χ4v) is 3.95. The Hall–Kier alpha value is -3.07. The number of alkyl halides is 1. The van der Waals surface area contributed by atoms with Crippen molar-refractivity contribution in [1.82, 2.24) is 34.4 Å². The summed E-state index contributed by atoms with van der Waals surface area (Å²) in [5.41, 5.74) is 4.06. The maximum absolute atomic E-state index is 12.9. The van der Waals surface area contributed by atoms with E-state index in [2.05, 4.69) is 25.7 Å². The average Bonchev–Trinajstić information content (AvgIpc) is 3.25. The van der Waals surface area contributed by atoms with E-state index in [0.717, 1.165) is 41.0 Å². The highest BCUT2D eigenvalue weighted by Crippen LogP contribution is 2.27. The van der Waals surface area contributed by atoms with Crippen LogP contribution in [0.2, 0.25) is 0 Å². The molecule has 8 nitrogen and oxygen atoms in total. The van der Waals surface area contributed by atoms with E-state index in [1.807, 2.05) is 53.6 Å². The lowest BCUT2D eigenvalue weighted by atomic mass is 9.87. The van der Waals surface area contributed by atoms with Gasteiger partial charge in [-0.3, -0.25) is 0 Å². The van der Waals surface area contributed by atoms with Crippen molar-refractivity contribution < 1.29 is 4.39 Å². The number of imidazole rings is 1. The van der Waals surface area contributed by atoms with Gasteiger partial charge < -0.3 is 15.2 Å². The summed E-state index contributed by atoms with van der Waals surface area (Å²) in [5, 5.41) is 11.2. The molecule has 0 unspecified atom stereocenters. The van der Waals surface area contributed by atoms with E-state index in [-0.39, 0.29) is 6.54 Å². The largest absolute Gasteiger partial charge is 0.350 e. The second kappa shape index (κ2) is 7.07. The van der Waals surface area contributed by atoms with Gasteiger partial charge in [0.25, 0.3) is 0 Å². The third kappa shape index (κ3) is 3.11. The molecule has 2 N–H and O–H groups in total. The lowest BCUT2D eigenvalue weighted by Crippen LogP contribution is -2.46. The molecule has 0 aromatic carbocycles. The van der Waals surface area contributed by atoms with Crippen LogP contribution >= 0.6 is 0 Å². The molecule has 0 bridgehead atoms. The monoisotopic (exact) mass is 394 g/mol. The minimum atomic E-state index is -0.451. The lowest BCUT2D eigenvalue weighted by Gasteiger charge is -2.35. The van der Waals surface area contributed by atoms with E-state index in [0.29, 0.717) is 23.7 Å². The van der Waals surface area contributed by atoms with Crippen molar-refractivity contribution in [1.29, 1.82) is 0 Å². The molecule has 1 saturated carbocycles. The summed E-state index contributed by atoms with van der Waals surface area (Å²) < 4.78 is 16.6. The Labute approximate surface area is 167 Å². The van der Waals surface area contributed by atoms with Crippen molar-refractivity contribution in [2.45, 2.75) is 38.4 Å². The molecule has 0 saturated heterocycles. The molecule has 0 amide bonds. The zero-order valence-electron chi connectivity index (χ0n) is 16.4. The zero-order chi connectivity index (χ0) is 20.0. The molecule has 1 aliphatic rings. The molecular weight excluding hydrogens is 371 g/mol. The van der Waals surface area contributed by atoms with Crippen LogP contribution in [0.3, 0.4) is 0 Å². The normalized spacial score (nSPS) is 19.0. The van der Waals surface area contributed by atoms with Gasteiger partial charge in [0.2, 0.25) is 5.95 Å². The Morgan fingerprint density at radius 2 is 2.03 bits per heavy atom. The second-order valence-corrected chi connectivity index (χ2v) is 7.48. The number of aromatic nitrogens is 6. The molecule has 1 fully saturated rings. The number of nitrogens with zero attached hydrogens (tertiary/aromatic N) is 6. The van der Waals surface area contributed by atoms with Gasteiger partial charge in [0.1, 0.15) is 18.0 Å². The Morgan fingerprint density at radius 3 is 2.83 bits per heavy atom. The van der Waals surface area contributed by atoms with Gasteiger partial charge >= 0.3 is 0 Å². The first-order valence-electron chi connectivity index (χ1n) is 9.84. The highest BCUT2D eigenvalue weighted by molar-refractivity contribution is 5.82. The van der Waals surface area contributed by atoms with Crippen molar-refractivity contribution in [3.63, 3.8) is 0 Å². The SMILES string of the molecule is CN[C@H]1C[C@H](Nc2ncc3c(-c4ccc5nc(C)n(CCF)c5n4)ccn3n2)C1. The topological polar surface area (TPSA) is 85.0 Å². The molecule has 9 heteroatoms. The molecule has 5 rings (SSSR count). The quantitative estimate of drug-likeness (QED) is 0.523. The summed E-state index contributed by atoms with van der Waals surface area (Å²) in [5.74, 6) is 1.39. The van der Waals surface area contributed by atoms with Gasteiger partial charge in [0.15, 0.2) is 5.65 Å². The number of hydrogen-bond donors (Lipinski definition) is 2. The Balaban J connectivity index is 1.46. The number of nitrogens with one attached hydrogen (secondary N) is 2. The summed E-state index contributed by atoms with van der Waals surface area (Å²) in [6, 6.07) is 6.81. The van der Waals surface area contributed by atoms with Crippen molar-refractivity contribution in [2.24, 2.45) is 0 Å². The molecule has 150 valence electrons. The van der Waals surface area contributed by atoms with Gasteiger partial charge in [-0.05, 0) is 45.0 Å². The van der Waals surface area contributed by atoms with Crippen molar-refractivity contribution in [3.8, 4) is 11.3 Å². The van der Waals surface area contributed by atoms with Crippen LogP contribution in [-0.4, -0.2) is 54.9 Å². The summed E-state index contributed by atoms with van der Waals surface area (Å²) in [6.07, 6.45) is 5.87. The fourth-order valence-electron chi connectivity index (χ4n) is 3.95. The van der Waals surface area contributed by atoms with Crippen molar-refractivity contribution in [3.05, 3.63) is 36.4 Å². The molecular formula is C20H23FN8. The maximum atomic E-state index is 12.9. The minimum Gasteiger partial charge on any atom is -0.350 e. The van der Waals surface area contributed by atoms with Crippen LogP contribution in [0.4, 0.5) is 10.3 Å². The van der Waals surface area contributed by atoms with Crippen LogP contribution in [0.25, 0.3) is 27.9 Å². The first-order valence-corrected chi connectivity index (χ1v) is 9.84. The molecule has 0 spiro atoms. The van der Waals surface area contributed by atoms with E-state index in [1.54, 1.807) is 0 Å². The molecule has 0 atom stereocenters. The number of anilines is 1. The number of fused-ring (bicyclic) bond motifs is 2. The Bertz CT molecular complexity index is 1170. The average molecular weight is 394 g/mol. The van der Waals surface area contributed by atoms with E-state index in [9.17, 15) is 4.39 Å². The van der Waals surface area contributed by atoms with E-state index < -0.39 is 6.67 Å². The Morgan fingerprint density at radius 1 is 1.17 bits per heavy atom. The first kappa shape index (κ1) is 18.0. The summed E-state index contributed by atoms with van der Waals surface area (Å²) in [4.78, 5) is 13.7. The molecule has 0 radical (unpaired) electrons. The molecule has 0 aliphatic heterocycles. The maximum Gasteiger partial charge on any atom is 0.241 e. The van der Waals surface area contributed by atoms with Crippen LogP contribution in [0, 0.1) is 6.92 Å². The number of halogens is 1. The van der Waals surface area contributed by atoms with Gasteiger partial charge in [-0.2, -0.15) is 0 Å². The minimum absolute atomic E-state index is 0.253. The first-order chi connectivity index (χ1) is 14.2. The molecule has 4 aromatic heterocycles. The number of rotatable bonds is 6. The van der Waals surface area contributed by atoms with E-state index in [4.69, 9.17) is 4.98 Å². The van der Waals surface area contributed by atoms with Crippen LogP contribution in [0.15, 0.2) is 30.6 Å². The number of aryl methyl sites for hydroxylation is 2. The predicted molar refractivity (Wildman–Crippen MR) is 110 cm³/mol. The fraction of sp³-hybridized carbons (Fsp3) is 0.400. The van der Waals surface area contributed by atoms with Gasteiger partial charge in [-0.25, -0.2) is 23.9 Å². The smallest absolute Gasteiger partial charge is 0.241 e. The van der Waals surface area contributed by atoms with Crippen LogP contribution in [0.5, 0.6) is 0 Å². The van der Waals surface area contributed by atoms with Crippen LogP contribution in [0.1, 0.15) is 18.7 Å². The molecule has 4 aromatic rings. The van der Waals surface area contributed by atoms with Crippen molar-refractivity contribution >= 4 is 22.6 Å². The second-order valence-electron chi connectivity index (χ2n) is 7.48. The van der Waals surface area contributed by atoms with Gasteiger partial charge in [-0.1, -0.05) is 0 Å². The molecule has 29 heavy (non-hydrogen) atoms. The standard InChI is InChI=1S/C20H23FN8/c1-12-24-17-4-3-16(26-19(17)28(12)8-6-21)15-5-7-29-18(15)11-23-20(27-29)25-14-9-13(10-14)22-2/h3-5,7,11,13-14,22H,6,8-10H2,1-2H3,(H,25,27)/t13-,14-. The van der Waals surface area contributed by atoms with Gasteiger partial charge in [0.05, 0.1) is 24.0 Å². The summed E-state index contributed by atoms with van der Waals surface area (Å²) in [6.45, 7) is 1.67. The molecule has 4 heterocycles. The predicted octanol–water partition coefficient (Wildman–Crippen LogP) is 2.58. The van der Waals surface area contributed by atoms with Gasteiger partial charge in [-0.15, -0.1) is 5.10 Å². The van der Waals surface area contributed by atoms with Gasteiger partial charge in [0, 0.05) is 23.8 Å². The summed E-state index contributed by atoms with van der Waals surface area (Å²) >= 11 is 0. The van der Waals surface area contributed by atoms with Crippen LogP contribution < -0.4 is 10.6 Å². The van der Waals surface area contributed by atoms with Crippen LogP contribution in [-0.2, 0) is 6.54 Å². The lowest BCUT2D eigenvalue weighted by molar-refractivity contribution is 0.325. The zero-order valence-corrected chi connectivity index (χ0v) is 16.4. The van der Waals surface area contributed by atoms with E-state index in [1.165, 1.54) is 0 Å². The highest BCUT2D eigenvalue weighted by atomic mass is 19.1. The molecule has 1 aliphatic carbocycles. The number of hydrogen-bond acceptors (Lipinski definition) is 6. The Kier molecular flexibility index (Phi) is 4.39. The third-order valence-corrected chi connectivity index (χ3v) is 5.66. The summed E-state index contributed by atoms with van der Waals surface area (Å²) in [7, 11) is 1.99.